The number of rotatable bonds is 1. The molecule has 1 heterocycles. The van der Waals surface area contributed by atoms with Crippen LogP contribution in [0.4, 0.5) is 10.1 Å². The van der Waals surface area contributed by atoms with Gasteiger partial charge in [0.25, 0.3) is 0 Å². The standard InChI is InChI=1S/C13H12FNO/c14-9-2-1-3-10-11(9)13(6-7-13)12(16)15(10)8-4-5-8/h1-3,8H,4-7H2. The van der Waals surface area contributed by atoms with Crippen molar-refractivity contribution < 1.29 is 9.18 Å². The van der Waals surface area contributed by atoms with Gasteiger partial charge in [0.1, 0.15) is 5.82 Å². The maximum atomic E-state index is 13.9. The molecule has 3 aliphatic rings. The van der Waals surface area contributed by atoms with Crippen LogP contribution in [0.1, 0.15) is 31.2 Å². The van der Waals surface area contributed by atoms with Gasteiger partial charge in [0.2, 0.25) is 5.91 Å². The number of amides is 1. The fourth-order valence-electron chi connectivity index (χ4n) is 2.92. The van der Waals surface area contributed by atoms with E-state index in [0.29, 0.717) is 11.6 Å². The Hall–Kier alpha value is -1.38. The molecule has 1 aromatic carbocycles. The first-order valence-electron chi connectivity index (χ1n) is 5.87. The van der Waals surface area contributed by atoms with Gasteiger partial charge >= 0.3 is 0 Å². The zero-order valence-corrected chi connectivity index (χ0v) is 8.87. The predicted octanol–water partition coefficient (Wildman–Crippen LogP) is 2.37. The summed E-state index contributed by atoms with van der Waals surface area (Å²) in [6.45, 7) is 0. The Morgan fingerprint density at radius 2 is 2.06 bits per heavy atom. The largest absolute Gasteiger partial charge is 0.308 e. The molecule has 2 saturated carbocycles. The summed E-state index contributed by atoms with van der Waals surface area (Å²) in [6, 6.07) is 5.41. The van der Waals surface area contributed by atoms with E-state index in [1.165, 1.54) is 6.07 Å². The average molecular weight is 217 g/mol. The molecule has 0 unspecified atom stereocenters. The van der Waals surface area contributed by atoms with E-state index in [0.717, 1.165) is 31.4 Å². The molecular formula is C13H12FNO. The van der Waals surface area contributed by atoms with Gasteiger partial charge in [-0.15, -0.1) is 0 Å². The van der Waals surface area contributed by atoms with Gasteiger partial charge in [0.15, 0.2) is 0 Å². The molecule has 0 N–H and O–H groups in total. The normalized spacial score (nSPS) is 25.1. The van der Waals surface area contributed by atoms with E-state index >= 15 is 0 Å². The molecule has 2 aliphatic carbocycles. The molecule has 1 aromatic rings. The fourth-order valence-corrected chi connectivity index (χ4v) is 2.92. The zero-order valence-electron chi connectivity index (χ0n) is 8.87. The molecule has 0 saturated heterocycles. The van der Waals surface area contributed by atoms with E-state index in [1.54, 1.807) is 6.07 Å². The minimum absolute atomic E-state index is 0.148. The molecule has 2 fully saturated rings. The van der Waals surface area contributed by atoms with Crippen molar-refractivity contribution in [3.63, 3.8) is 0 Å². The Labute approximate surface area is 93.1 Å². The van der Waals surface area contributed by atoms with Crippen molar-refractivity contribution >= 4 is 11.6 Å². The third kappa shape index (κ3) is 0.856. The van der Waals surface area contributed by atoms with Gasteiger partial charge in [-0.1, -0.05) is 6.07 Å². The molecule has 16 heavy (non-hydrogen) atoms. The van der Waals surface area contributed by atoms with Gasteiger partial charge in [-0.05, 0) is 37.8 Å². The first-order chi connectivity index (χ1) is 7.74. The van der Waals surface area contributed by atoms with Crippen LogP contribution in [-0.4, -0.2) is 11.9 Å². The maximum Gasteiger partial charge on any atom is 0.238 e. The highest BCUT2D eigenvalue weighted by molar-refractivity contribution is 6.10. The number of carbonyl (C=O) groups excluding carboxylic acids is 1. The van der Waals surface area contributed by atoms with Crippen LogP contribution in [-0.2, 0) is 10.2 Å². The zero-order chi connectivity index (χ0) is 10.9. The Balaban J connectivity index is 1.97. The molecule has 1 spiro atoms. The smallest absolute Gasteiger partial charge is 0.238 e. The highest BCUT2D eigenvalue weighted by Gasteiger charge is 2.62. The summed E-state index contributed by atoms with van der Waals surface area (Å²) in [4.78, 5) is 14.2. The van der Waals surface area contributed by atoms with Crippen LogP contribution in [0.15, 0.2) is 18.2 Å². The molecule has 0 bridgehead atoms. The molecule has 3 heteroatoms. The number of benzene rings is 1. The van der Waals surface area contributed by atoms with Crippen LogP contribution in [0, 0.1) is 5.82 Å². The molecule has 1 aliphatic heterocycles. The second kappa shape index (κ2) is 2.47. The van der Waals surface area contributed by atoms with Crippen LogP contribution < -0.4 is 4.90 Å². The Morgan fingerprint density at radius 1 is 1.31 bits per heavy atom. The SMILES string of the molecule is O=C1N(C2CC2)c2cccc(F)c2C12CC2. The number of hydrogen-bond acceptors (Lipinski definition) is 1. The highest BCUT2D eigenvalue weighted by Crippen LogP contribution is 2.59. The highest BCUT2D eigenvalue weighted by atomic mass is 19.1. The Morgan fingerprint density at radius 3 is 2.69 bits per heavy atom. The maximum absolute atomic E-state index is 13.9. The number of fused-ring (bicyclic) bond motifs is 2. The first kappa shape index (κ1) is 8.74. The van der Waals surface area contributed by atoms with Gasteiger partial charge < -0.3 is 4.90 Å². The van der Waals surface area contributed by atoms with Crippen molar-refractivity contribution in [2.75, 3.05) is 4.90 Å². The molecule has 82 valence electrons. The molecule has 1 amide bonds. The molecule has 0 radical (unpaired) electrons. The lowest BCUT2D eigenvalue weighted by Crippen LogP contribution is -2.33. The monoisotopic (exact) mass is 217 g/mol. The lowest BCUT2D eigenvalue weighted by atomic mass is 9.97. The number of halogens is 1. The van der Waals surface area contributed by atoms with Crippen molar-refractivity contribution in [3.05, 3.63) is 29.6 Å². The molecule has 0 aromatic heterocycles. The lowest BCUT2D eigenvalue weighted by molar-refractivity contribution is -0.120. The number of carbonyl (C=O) groups is 1. The van der Waals surface area contributed by atoms with Gasteiger partial charge in [-0.2, -0.15) is 0 Å². The van der Waals surface area contributed by atoms with E-state index in [-0.39, 0.29) is 11.7 Å². The van der Waals surface area contributed by atoms with Crippen molar-refractivity contribution in [1.29, 1.82) is 0 Å². The lowest BCUT2D eigenvalue weighted by Gasteiger charge is -2.16. The third-order valence-corrected chi connectivity index (χ3v) is 4.02. The topological polar surface area (TPSA) is 20.3 Å². The van der Waals surface area contributed by atoms with Crippen LogP contribution >= 0.6 is 0 Å². The molecular weight excluding hydrogens is 205 g/mol. The van der Waals surface area contributed by atoms with E-state index in [2.05, 4.69) is 0 Å². The first-order valence-corrected chi connectivity index (χ1v) is 5.87. The molecule has 2 nitrogen and oxygen atoms in total. The summed E-state index contributed by atoms with van der Waals surface area (Å²) in [5.74, 6) is -0.0541. The predicted molar refractivity (Wildman–Crippen MR) is 57.8 cm³/mol. The van der Waals surface area contributed by atoms with Crippen LogP contribution in [0.25, 0.3) is 0 Å². The van der Waals surface area contributed by atoms with E-state index in [9.17, 15) is 9.18 Å². The van der Waals surface area contributed by atoms with Crippen LogP contribution in [0.5, 0.6) is 0 Å². The Bertz CT molecular complexity index is 503. The summed E-state index contributed by atoms with van der Waals surface area (Å²) in [7, 11) is 0. The summed E-state index contributed by atoms with van der Waals surface area (Å²) < 4.78 is 13.9. The molecule has 0 atom stereocenters. The average Bonchev–Trinajstić information content (AvgIpc) is 3.11. The minimum atomic E-state index is -0.469. The fraction of sp³-hybridized carbons (Fsp3) is 0.462. The van der Waals surface area contributed by atoms with Gasteiger partial charge in [-0.3, -0.25) is 4.79 Å². The van der Waals surface area contributed by atoms with Crippen molar-refractivity contribution in [1.82, 2.24) is 0 Å². The van der Waals surface area contributed by atoms with Gasteiger partial charge in [-0.25, -0.2) is 4.39 Å². The molecule has 4 rings (SSSR count). The summed E-state index contributed by atoms with van der Waals surface area (Å²) in [5, 5.41) is 0. The van der Waals surface area contributed by atoms with Crippen molar-refractivity contribution in [2.45, 2.75) is 37.1 Å². The second-order valence-electron chi connectivity index (χ2n) is 5.12. The minimum Gasteiger partial charge on any atom is -0.308 e. The number of hydrogen-bond donors (Lipinski definition) is 0. The van der Waals surface area contributed by atoms with E-state index in [1.807, 2.05) is 11.0 Å². The quantitative estimate of drug-likeness (QED) is 0.707. The summed E-state index contributed by atoms with van der Waals surface area (Å²) in [5.41, 5.74) is 1.04. The van der Waals surface area contributed by atoms with E-state index < -0.39 is 5.41 Å². The van der Waals surface area contributed by atoms with Crippen molar-refractivity contribution in [2.24, 2.45) is 0 Å². The van der Waals surface area contributed by atoms with Gasteiger partial charge in [0, 0.05) is 11.6 Å². The summed E-state index contributed by atoms with van der Waals surface area (Å²) in [6.07, 6.45) is 3.78. The van der Waals surface area contributed by atoms with Crippen LogP contribution in [0.2, 0.25) is 0 Å². The Kier molecular flexibility index (Phi) is 1.35. The van der Waals surface area contributed by atoms with Crippen molar-refractivity contribution in [3.8, 4) is 0 Å². The van der Waals surface area contributed by atoms with E-state index in [4.69, 9.17) is 0 Å². The van der Waals surface area contributed by atoms with Crippen LogP contribution in [0.3, 0.4) is 0 Å². The summed E-state index contributed by atoms with van der Waals surface area (Å²) >= 11 is 0. The number of anilines is 1. The number of nitrogens with zero attached hydrogens (tertiary/aromatic N) is 1. The van der Waals surface area contributed by atoms with Gasteiger partial charge in [0.05, 0.1) is 11.1 Å². The second-order valence-corrected chi connectivity index (χ2v) is 5.12. The third-order valence-electron chi connectivity index (χ3n) is 4.02.